The fraction of sp³-hybridized carbons (Fsp3) is 0.154. The molecule has 1 amide bonds. The Morgan fingerprint density at radius 1 is 0.941 bits per heavy atom. The number of amides is 1. The van der Waals surface area contributed by atoms with E-state index in [-0.39, 0.29) is 16.7 Å². The van der Waals surface area contributed by atoms with Gasteiger partial charge < -0.3 is 25.2 Å². The van der Waals surface area contributed by atoms with Crippen molar-refractivity contribution in [3.8, 4) is 11.1 Å². The Hall–Kier alpha value is -3.81. The van der Waals surface area contributed by atoms with Crippen LogP contribution in [0.25, 0.3) is 22.5 Å². The third-order valence-electron chi connectivity index (χ3n) is 6.06. The molecule has 1 saturated heterocycles. The fourth-order valence-electron chi connectivity index (χ4n) is 4.33. The van der Waals surface area contributed by atoms with Crippen molar-refractivity contribution in [2.24, 2.45) is 0 Å². The molecule has 3 aromatic rings. The molecule has 2 heterocycles. The number of rotatable bonds is 4. The van der Waals surface area contributed by atoms with Crippen molar-refractivity contribution in [3.05, 3.63) is 82.4 Å². The van der Waals surface area contributed by atoms with Crippen LogP contribution in [-0.4, -0.2) is 48.4 Å². The fourth-order valence-corrected chi connectivity index (χ4v) is 4.60. The van der Waals surface area contributed by atoms with Crippen LogP contribution in [0.5, 0.6) is 0 Å². The molecule has 8 heteroatoms. The predicted molar refractivity (Wildman–Crippen MR) is 131 cm³/mol. The summed E-state index contributed by atoms with van der Waals surface area (Å²) in [5, 5.41) is 23.6. The largest absolute Gasteiger partial charge is 0.506 e. The Morgan fingerprint density at radius 3 is 2.29 bits per heavy atom. The van der Waals surface area contributed by atoms with Crippen LogP contribution < -0.4 is 10.2 Å². The molecule has 0 spiro atoms. The number of carboxylic acids is 1. The molecule has 0 saturated carbocycles. The van der Waals surface area contributed by atoms with Crippen molar-refractivity contribution in [2.75, 3.05) is 36.5 Å². The summed E-state index contributed by atoms with van der Waals surface area (Å²) in [5.41, 5.74) is 3.53. The summed E-state index contributed by atoms with van der Waals surface area (Å²) in [4.78, 5) is 26.7. The minimum Gasteiger partial charge on any atom is -0.506 e. The second-order valence-electron chi connectivity index (χ2n) is 8.05. The lowest BCUT2D eigenvalue weighted by Crippen LogP contribution is -2.36. The molecule has 0 bridgehead atoms. The summed E-state index contributed by atoms with van der Waals surface area (Å²) in [6.07, 6.45) is 0. The summed E-state index contributed by atoms with van der Waals surface area (Å²) >= 11 is 6.56. The monoisotopic (exact) mass is 476 g/mol. The molecule has 0 unspecified atom stereocenters. The Balaban J connectivity index is 1.57. The van der Waals surface area contributed by atoms with Gasteiger partial charge in [0.1, 0.15) is 5.76 Å². The smallest absolute Gasteiger partial charge is 0.336 e. The van der Waals surface area contributed by atoms with Gasteiger partial charge in [-0.25, -0.2) is 4.79 Å². The van der Waals surface area contributed by atoms with Gasteiger partial charge in [-0.05, 0) is 35.9 Å². The molecule has 0 radical (unpaired) electrons. The molecule has 172 valence electrons. The molecule has 7 nitrogen and oxygen atoms in total. The Bertz CT molecular complexity index is 1330. The van der Waals surface area contributed by atoms with Gasteiger partial charge in [0.2, 0.25) is 0 Å². The summed E-state index contributed by atoms with van der Waals surface area (Å²) in [7, 11) is 0. The highest BCUT2D eigenvalue weighted by Crippen LogP contribution is 2.42. The maximum atomic E-state index is 12.8. The molecule has 2 aliphatic rings. The summed E-state index contributed by atoms with van der Waals surface area (Å²) < 4.78 is 5.41. The van der Waals surface area contributed by atoms with Gasteiger partial charge in [0.15, 0.2) is 0 Å². The molecular formula is C26H21ClN2O5. The van der Waals surface area contributed by atoms with E-state index >= 15 is 0 Å². The summed E-state index contributed by atoms with van der Waals surface area (Å²) in [5.74, 6) is -2.12. The number of nitrogens with one attached hydrogen (secondary N) is 1. The summed E-state index contributed by atoms with van der Waals surface area (Å²) in [6.45, 7) is 3.06. The van der Waals surface area contributed by atoms with Gasteiger partial charge in [-0.15, -0.1) is 0 Å². The Labute approximate surface area is 200 Å². The Kier molecular flexibility index (Phi) is 5.73. The van der Waals surface area contributed by atoms with Crippen LogP contribution in [0.1, 0.15) is 21.5 Å². The summed E-state index contributed by atoms with van der Waals surface area (Å²) in [6, 6.07) is 17.4. The van der Waals surface area contributed by atoms with Crippen LogP contribution in [0.4, 0.5) is 11.4 Å². The van der Waals surface area contributed by atoms with Crippen LogP contribution >= 0.6 is 11.6 Å². The van der Waals surface area contributed by atoms with Gasteiger partial charge >= 0.3 is 5.97 Å². The number of aromatic carboxylic acids is 1. The maximum Gasteiger partial charge on any atom is 0.336 e. The minimum atomic E-state index is -1.20. The van der Waals surface area contributed by atoms with Crippen LogP contribution in [-0.2, 0) is 9.53 Å². The molecule has 3 aromatic carbocycles. The maximum absolute atomic E-state index is 12.8. The molecule has 2 aliphatic heterocycles. The van der Waals surface area contributed by atoms with E-state index in [2.05, 4.69) is 10.2 Å². The van der Waals surface area contributed by atoms with Gasteiger partial charge in [0, 0.05) is 35.5 Å². The number of ether oxygens (including phenoxy) is 1. The number of carbonyl (C=O) groups excluding carboxylic acids is 1. The van der Waals surface area contributed by atoms with Crippen LogP contribution in [0.15, 0.2) is 60.7 Å². The standard InChI is InChI=1S/C26H21ClN2O5/c27-21-14-22-20(13-19(21)15-5-7-16(8-6-15)29-9-11-34-12-10-29)23(25(31)28-22)24(30)17-3-1-2-4-18(17)26(32)33/h1-8,13-14,30H,9-12H2,(H,28,31)(H,32,33). The van der Waals surface area contributed by atoms with E-state index in [0.29, 0.717) is 35.1 Å². The lowest BCUT2D eigenvalue weighted by Gasteiger charge is -2.29. The molecule has 1 fully saturated rings. The average molecular weight is 477 g/mol. The molecular weight excluding hydrogens is 456 g/mol. The second kappa shape index (κ2) is 8.85. The normalized spacial score (nSPS) is 16.7. The first-order valence-electron chi connectivity index (χ1n) is 10.8. The second-order valence-corrected chi connectivity index (χ2v) is 8.46. The van der Waals surface area contributed by atoms with Crippen molar-refractivity contribution in [1.29, 1.82) is 0 Å². The first kappa shape index (κ1) is 22.0. The lowest BCUT2D eigenvalue weighted by atomic mass is 9.95. The number of anilines is 2. The van der Waals surface area contributed by atoms with E-state index in [1.165, 1.54) is 12.1 Å². The lowest BCUT2D eigenvalue weighted by molar-refractivity contribution is -0.110. The highest BCUT2D eigenvalue weighted by atomic mass is 35.5. The number of carbonyl (C=O) groups is 2. The van der Waals surface area contributed by atoms with Gasteiger partial charge in [-0.2, -0.15) is 0 Å². The number of benzene rings is 3. The molecule has 0 aromatic heterocycles. The zero-order valence-electron chi connectivity index (χ0n) is 18.0. The molecule has 5 rings (SSSR count). The van der Waals surface area contributed by atoms with Crippen molar-refractivity contribution < 1.29 is 24.5 Å². The zero-order valence-corrected chi connectivity index (χ0v) is 18.8. The average Bonchev–Trinajstić information content (AvgIpc) is 3.18. The van der Waals surface area contributed by atoms with Crippen molar-refractivity contribution in [1.82, 2.24) is 0 Å². The number of fused-ring (bicyclic) bond motifs is 1. The van der Waals surface area contributed by atoms with Gasteiger partial charge in [-0.3, -0.25) is 4.79 Å². The minimum absolute atomic E-state index is 0.00607. The van der Waals surface area contributed by atoms with Crippen LogP contribution in [0.3, 0.4) is 0 Å². The van der Waals surface area contributed by atoms with E-state index in [1.54, 1.807) is 24.3 Å². The Morgan fingerprint density at radius 2 is 1.62 bits per heavy atom. The van der Waals surface area contributed by atoms with E-state index in [4.69, 9.17) is 16.3 Å². The quantitative estimate of drug-likeness (QED) is 0.365. The number of morpholine rings is 1. The van der Waals surface area contributed by atoms with Crippen molar-refractivity contribution in [2.45, 2.75) is 0 Å². The topological polar surface area (TPSA) is 99.1 Å². The molecule has 3 N–H and O–H groups in total. The van der Waals surface area contributed by atoms with E-state index in [9.17, 15) is 19.8 Å². The highest BCUT2D eigenvalue weighted by Gasteiger charge is 2.31. The van der Waals surface area contributed by atoms with Gasteiger partial charge in [-0.1, -0.05) is 41.9 Å². The highest BCUT2D eigenvalue weighted by molar-refractivity contribution is 6.39. The van der Waals surface area contributed by atoms with Gasteiger partial charge in [0.05, 0.1) is 35.1 Å². The predicted octanol–water partition coefficient (Wildman–Crippen LogP) is 4.92. The number of carboxylic acid groups (broad SMARTS) is 1. The number of nitrogens with zero attached hydrogens (tertiary/aromatic N) is 1. The SMILES string of the molecule is O=C1Nc2cc(Cl)c(-c3ccc(N4CCOCC4)cc3)cc2C1=C(O)c1ccccc1C(=O)O. The van der Waals surface area contributed by atoms with Crippen molar-refractivity contribution >= 4 is 46.2 Å². The number of aliphatic hydroxyl groups is 1. The number of hydrogen-bond acceptors (Lipinski definition) is 5. The first-order chi connectivity index (χ1) is 16.4. The van der Waals surface area contributed by atoms with E-state index in [0.717, 1.165) is 24.3 Å². The third kappa shape index (κ3) is 3.89. The van der Waals surface area contributed by atoms with Crippen molar-refractivity contribution in [3.63, 3.8) is 0 Å². The molecule has 0 aliphatic carbocycles. The number of hydrogen-bond donors (Lipinski definition) is 3. The number of halogens is 1. The van der Waals surface area contributed by atoms with E-state index in [1.807, 2.05) is 24.3 Å². The first-order valence-corrected chi connectivity index (χ1v) is 11.2. The zero-order chi connectivity index (χ0) is 23.8. The van der Waals surface area contributed by atoms with Crippen LogP contribution in [0, 0.1) is 0 Å². The van der Waals surface area contributed by atoms with E-state index < -0.39 is 17.6 Å². The van der Waals surface area contributed by atoms with Gasteiger partial charge in [0.25, 0.3) is 5.91 Å². The van der Waals surface area contributed by atoms with Crippen LogP contribution in [0.2, 0.25) is 5.02 Å². The number of aliphatic hydroxyl groups excluding tert-OH is 1. The third-order valence-corrected chi connectivity index (χ3v) is 6.37. The molecule has 34 heavy (non-hydrogen) atoms. The molecule has 0 atom stereocenters.